The molecule has 182 valence electrons. The van der Waals surface area contributed by atoms with Crippen LogP contribution in [0.2, 0.25) is 0 Å². The Balaban J connectivity index is 1.56. The van der Waals surface area contributed by atoms with Crippen LogP contribution in [0.15, 0.2) is 59.3 Å². The number of carbonyl (C=O) groups is 2. The van der Waals surface area contributed by atoms with Gasteiger partial charge in [-0.1, -0.05) is 60.3 Å². The lowest BCUT2D eigenvalue weighted by Gasteiger charge is -2.20. The Morgan fingerprint density at radius 2 is 2.03 bits per heavy atom. The van der Waals surface area contributed by atoms with Gasteiger partial charge in [-0.05, 0) is 18.4 Å². The summed E-state index contributed by atoms with van der Waals surface area (Å²) in [7, 11) is 3.34. The van der Waals surface area contributed by atoms with Crippen LogP contribution in [0.1, 0.15) is 35.4 Å². The van der Waals surface area contributed by atoms with Gasteiger partial charge in [-0.3, -0.25) is 9.59 Å². The molecular weight excluding hydrogens is 452 g/mol. The first-order valence-electron chi connectivity index (χ1n) is 11.4. The predicted octanol–water partition coefficient (Wildman–Crippen LogP) is 3.24. The molecule has 1 unspecified atom stereocenters. The van der Waals surface area contributed by atoms with E-state index < -0.39 is 0 Å². The molecule has 1 aliphatic carbocycles. The summed E-state index contributed by atoms with van der Waals surface area (Å²) in [6.07, 6.45) is 8.41. The number of rotatable bonds is 14. The Kier molecular flexibility index (Phi) is 10.5. The number of thioether (sulfide) groups is 1. The van der Waals surface area contributed by atoms with Crippen LogP contribution in [0.25, 0.3) is 0 Å². The molecule has 9 heteroatoms. The number of Topliss-reactive ketones (excluding diaryl/α,β-unsaturated/α-hetero) is 1. The van der Waals surface area contributed by atoms with E-state index in [2.05, 4.69) is 21.6 Å². The van der Waals surface area contributed by atoms with Crippen LogP contribution in [0.5, 0.6) is 0 Å². The summed E-state index contributed by atoms with van der Waals surface area (Å²) in [6.45, 7) is 1.73. The molecule has 0 saturated carbocycles. The smallest absolute Gasteiger partial charge is 0.220 e. The number of allylic oxidation sites excluding steroid dienone is 2. The number of ketones is 1. The quantitative estimate of drug-likeness (QED) is 0.250. The maximum absolute atomic E-state index is 12.5. The number of nitrogens with one attached hydrogen (secondary N) is 1. The third-order valence-electron chi connectivity index (χ3n) is 5.51. The van der Waals surface area contributed by atoms with Crippen molar-refractivity contribution in [3.8, 4) is 0 Å². The highest BCUT2D eigenvalue weighted by atomic mass is 32.2. The molecule has 0 saturated heterocycles. The fraction of sp³-hybridized carbons (Fsp3) is 0.440. The van der Waals surface area contributed by atoms with E-state index in [4.69, 9.17) is 9.47 Å². The zero-order valence-corrected chi connectivity index (χ0v) is 20.6. The Hall–Kier alpha value is -2.75. The highest BCUT2D eigenvalue weighted by molar-refractivity contribution is 7.99. The molecular formula is C25H32N4O4S. The number of methoxy groups -OCH3 is 2. The molecule has 0 radical (unpaired) electrons. The molecule has 1 aliphatic rings. The standard InChI is InChI=1S/C25H32N4O4S/c1-32-16-8-15-29-23(13-14-24(31)26-17-20-11-6-7-12-22(20)33-2)27-28-25(29)34-18-21(30)19-9-4-3-5-10-19/h3-7,9-11,22H,8,12-18H2,1-2H3,(H,26,31). The minimum Gasteiger partial charge on any atom is -0.385 e. The maximum atomic E-state index is 12.5. The predicted molar refractivity (Wildman–Crippen MR) is 132 cm³/mol. The summed E-state index contributed by atoms with van der Waals surface area (Å²) < 4.78 is 12.6. The number of nitrogens with zero attached hydrogens (tertiary/aromatic N) is 3. The number of aryl methyl sites for hydroxylation is 1. The fourth-order valence-electron chi connectivity index (χ4n) is 3.63. The molecule has 34 heavy (non-hydrogen) atoms. The summed E-state index contributed by atoms with van der Waals surface area (Å²) >= 11 is 1.37. The lowest BCUT2D eigenvalue weighted by Crippen LogP contribution is -2.30. The Morgan fingerprint density at radius 3 is 2.79 bits per heavy atom. The van der Waals surface area contributed by atoms with Crippen molar-refractivity contribution in [2.24, 2.45) is 0 Å². The number of aromatic nitrogens is 3. The van der Waals surface area contributed by atoms with Gasteiger partial charge < -0.3 is 19.4 Å². The molecule has 0 spiro atoms. The molecule has 1 amide bonds. The van der Waals surface area contributed by atoms with E-state index in [1.807, 2.05) is 47.1 Å². The second kappa shape index (κ2) is 13.8. The fourth-order valence-corrected chi connectivity index (χ4v) is 4.50. The van der Waals surface area contributed by atoms with Gasteiger partial charge in [-0.2, -0.15) is 0 Å². The summed E-state index contributed by atoms with van der Waals surface area (Å²) in [6, 6.07) is 9.21. The Labute approximate surface area is 204 Å². The maximum Gasteiger partial charge on any atom is 0.220 e. The van der Waals surface area contributed by atoms with Gasteiger partial charge >= 0.3 is 0 Å². The molecule has 1 N–H and O–H groups in total. The van der Waals surface area contributed by atoms with Gasteiger partial charge in [0.1, 0.15) is 5.82 Å². The second-order valence-electron chi connectivity index (χ2n) is 7.88. The van der Waals surface area contributed by atoms with E-state index >= 15 is 0 Å². The zero-order valence-electron chi connectivity index (χ0n) is 19.7. The van der Waals surface area contributed by atoms with Gasteiger partial charge in [-0.25, -0.2) is 0 Å². The van der Waals surface area contributed by atoms with Gasteiger partial charge in [0.2, 0.25) is 5.91 Å². The van der Waals surface area contributed by atoms with Crippen LogP contribution in [0.4, 0.5) is 0 Å². The normalized spacial score (nSPS) is 15.2. The largest absolute Gasteiger partial charge is 0.385 e. The van der Waals surface area contributed by atoms with Crippen molar-refractivity contribution >= 4 is 23.5 Å². The number of ether oxygens (including phenoxy) is 2. The molecule has 0 bridgehead atoms. The number of carbonyl (C=O) groups excluding carboxylic acids is 2. The van der Waals surface area contributed by atoms with E-state index in [9.17, 15) is 9.59 Å². The zero-order chi connectivity index (χ0) is 24.2. The van der Waals surface area contributed by atoms with Crippen molar-refractivity contribution < 1.29 is 19.1 Å². The van der Waals surface area contributed by atoms with E-state index in [-0.39, 0.29) is 23.5 Å². The lowest BCUT2D eigenvalue weighted by atomic mass is 10.0. The monoisotopic (exact) mass is 484 g/mol. The molecule has 1 atom stereocenters. The summed E-state index contributed by atoms with van der Waals surface area (Å²) in [4.78, 5) is 25.0. The molecule has 1 heterocycles. The van der Waals surface area contributed by atoms with E-state index in [1.165, 1.54) is 11.8 Å². The van der Waals surface area contributed by atoms with Crippen molar-refractivity contribution in [2.75, 3.05) is 33.1 Å². The highest BCUT2D eigenvalue weighted by Gasteiger charge is 2.18. The van der Waals surface area contributed by atoms with Crippen LogP contribution in [-0.4, -0.2) is 65.7 Å². The minimum absolute atomic E-state index is 0.00682. The van der Waals surface area contributed by atoms with Crippen LogP contribution in [-0.2, 0) is 27.2 Å². The van der Waals surface area contributed by atoms with Gasteiger partial charge in [0.25, 0.3) is 0 Å². The average Bonchev–Trinajstić information content (AvgIpc) is 3.27. The number of hydrogen-bond acceptors (Lipinski definition) is 7. The van der Waals surface area contributed by atoms with Crippen molar-refractivity contribution in [1.29, 1.82) is 0 Å². The third-order valence-corrected chi connectivity index (χ3v) is 6.48. The van der Waals surface area contributed by atoms with Crippen molar-refractivity contribution in [3.63, 3.8) is 0 Å². The number of hydrogen-bond donors (Lipinski definition) is 1. The van der Waals surface area contributed by atoms with Crippen LogP contribution < -0.4 is 5.32 Å². The number of benzene rings is 1. The molecule has 2 aromatic rings. The van der Waals surface area contributed by atoms with Gasteiger partial charge in [0, 0.05) is 52.3 Å². The Morgan fingerprint density at radius 1 is 1.21 bits per heavy atom. The van der Waals surface area contributed by atoms with Gasteiger partial charge in [0.05, 0.1) is 11.9 Å². The molecule has 3 rings (SSSR count). The van der Waals surface area contributed by atoms with Crippen molar-refractivity contribution in [3.05, 3.63) is 65.5 Å². The topological polar surface area (TPSA) is 95.3 Å². The summed E-state index contributed by atoms with van der Waals surface area (Å²) in [5, 5.41) is 12.3. The van der Waals surface area contributed by atoms with E-state index in [1.54, 1.807) is 14.2 Å². The van der Waals surface area contributed by atoms with E-state index in [0.717, 1.165) is 24.2 Å². The second-order valence-corrected chi connectivity index (χ2v) is 8.82. The SMILES string of the molecule is COCCCn1c(CCC(=O)NCC2=CC=CCC2OC)nnc1SCC(=O)c1ccccc1. The number of amides is 1. The highest BCUT2D eigenvalue weighted by Crippen LogP contribution is 2.20. The molecule has 8 nitrogen and oxygen atoms in total. The van der Waals surface area contributed by atoms with Crippen LogP contribution in [0.3, 0.4) is 0 Å². The first-order chi connectivity index (χ1) is 16.6. The lowest BCUT2D eigenvalue weighted by molar-refractivity contribution is -0.120. The Bertz CT molecular complexity index is 1000. The molecule has 0 fully saturated rings. The first-order valence-corrected chi connectivity index (χ1v) is 12.4. The molecule has 1 aromatic carbocycles. The average molecular weight is 485 g/mol. The minimum atomic E-state index is -0.0507. The van der Waals surface area contributed by atoms with Crippen LogP contribution >= 0.6 is 11.8 Å². The molecule has 1 aromatic heterocycles. The third kappa shape index (κ3) is 7.65. The summed E-state index contributed by atoms with van der Waals surface area (Å²) in [5.41, 5.74) is 1.74. The van der Waals surface area contributed by atoms with E-state index in [0.29, 0.717) is 43.3 Å². The van der Waals surface area contributed by atoms with Crippen LogP contribution in [0, 0.1) is 0 Å². The molecule has 0 aliphatic heterocycles. The van der Waals surface area contributed by atoms with Gasteiger partial charge in [0.15, 0.2) is 10.9 Å². The van der Waals surface area contributed by atoms with Crippen molar-refractivity contribution in [1.82, 2.24) is 20.1 Å². The van der Waals surface area contributed by atoms with Gasteiger partial charge in [-0.15, -0.1) is 10.2 Å². The first kappa shape index (κ1) is 25.9. The van der Waals surface area contributed by atoms with Crippen molar-refractivity contribution in [2.45, 2.75) is 43.5 Å². The summed E-state index contributed by atoms with van der Waals surface area (Å²) in [5.74, 6) is 0.997.